The Labute approximate surface area is 213 Å². The maximum absolute atomic E-state index is 13.1. The summed E-state index contributed by atoms with van der Waals surface area (Å²) < 4.78 is 2.18. The molecule has 4 aromatic rings. The van der Waals surface area contributed by atoms with Crippen LogP contribution in [0.1, 0.15) is 24.0 Å². The lowest BCUT2D eigenvalue weighted by Crippen LogP contribution is -2.40. The molecule has 36 heavy (non-hydrogen) atoms. The maximum atomic E-state index is 13.1. The molecule has 3 aromatic carbocycles. The molecule has 2 fully saturated rings. The van der Waals surface area contributed by atoms with Gasteiger partial charge in [-0.3, -0.25) is 19.3 Å². The molecule has 0 aliphatic carbocycles. The van der Waals surface area contributed by atoms with Crippen molar-refractivity contribution < 1.29 is 14.4 Å². The first-order valence-electron chi connectivity index (χ1n) is 12.2. The number of rotatable bonds is 5. The number of carbonyl (C=O) groups is 3. The van der Waals surface area contributed by atoms with Crippen LogP contribution in [0.3, 0.4) is 0 Å². The van der Waals surface area contributed by atoms with Crippen molar-refractivity contribution >= 4 is 56.6 Å². The summed E-state index contributed by atoms with van der Waals surface area (Å²) in [5.74, 6) is -0.564. The molecule has 0 spiro atoms. The fourth-order valence-corrected chi connectivity index (χ4v) is 5.94. The molecular weight excluding hydrogens is 470 g/mol. The molecule has 0 bridgehead atoms. The minimum atomic E-state index is -0.400. The first-order chi connectivity index (χ1) is 17.6. The molecule has 0 radical (unpaired) electrons. The highest BCUT2D eigenvalue weighted by Crippen LogP contribution is 2.34. The van der Waals surface area contributed by atoms with Crippen LogP contribution in [0.25, 0.3) is 27.8 Å². The highest BCUT2D eigenvalue weighted by molar-refractivity contribution is 8.18. The number of para-hydroxylation sites is 1. The van der Waals surface area contributed by atoms with Crippen LogP contribution in [0.5, 0.6) is 0 Å². The van der Waals surface area contributed by atoms with Crippen LogP contribution in [0, 0.1) is 0 Å². The van der Waals surface area contributed by atoms with Crippen LogP contribution in [0.2, 0.25) is 0 Å². The van der Waals surface area contributed by atoms with Crippen LogP contribution < -0.4 is 0 Å². The Kier molecular flexibility index (Phi) is 5.85. The van der Waals surface area contributed by atoms with E-state index in [9.17, 15) is 14.4 Å². The number of nitrogens with zero attached hydrogens (tertiary/aromatic N) is 3. The quantitative estimate of drug-likeness (QED) is 0.343. The van der Waals surface area contributed by atoms with E-state index in [0.29, 0.717) is 24.5 Å². The topological polar surface area (TPSA) is 62.6 Å². The predicted molar refractivity (Wildman–Crippen MR) is 143 cm³/mol. The Morgan fingerprint density at radius 1 is 0.889 bits per heavy atom. The average molecular weight is 496 g/mol. The van der Waals surface area contributed by atoms with Crippen molar-refractivity contribution in [3.63, 3.8) is 0 Å². The Balaban J connectivity index is 1.31. The molecule has 1 aromatic heterocycles. The van der Waals surface area contributed by atoms with Gasteiger partial charge >= 0.3 is 0 Å². The minimum absolute atomic E-state index is 0.164. The fourth-order valence-electron chi connectivity index (χ4n) is 5.11. The third kappa shape index (κ3) is 4.09. The number of fused-ring (bicyclic) bond motifs is 2. The van der Waals surface area contributed by atoms with Gasteiger partial charge in [-0.05, 0) is 53.1 Å². The maximum Gasteiger partial charge on any atom is 0.294 e. The standard InChI is InChI=1S/C29H25N3O3S/c33-27(30-14-5-6-15-30)19-32-28(34)26(36-29(32)35)16-22-18-31(25-13-4-3-12-24(22)25)17-21-10-7-9-20-8-1-2-11-23(20)21/h1-4,7-13,16,18H,5-6,14-15,17,19H2/b26-16-. The van der Waals surface area contributed by atoms with Crippen molar-refractivity contribution in [2.45, 2.75) is 19.4 Å². The van der Waals surface area contributed by atoms with E-state index in [0.717, 1.165) is 46.0 Å². The minimum Gasteiger partial charge on any atom is -0.342 e. The molecule has 6 nitrogen and oxygen atoms in total. The summed E-state index contributed by atoms with van der Waals surface area (Å²) in [6, 6.07) is 22.7. The Bertz CT molecular complexity index is 1540. The Morgan fingerprint density at radius 2 is 1.61 bits per heavy atom. The molecule has 0 N–H and O–H groups in total. The number of likely N-dealkylation sites (tertiary alicyclic amines) is 1. The molecule has 0 atom stereocenters. The van der Waals surface area contributed by atoms with Crippen molar-refractivity contribution in [1.29, 1.82) is 0 Å². The molecule has 3 heterocycles. The summed E-state index contributed by atoms with van der Waals surface area (Å²) in [5.41, 5.74) is 3.14. The molecule has 3 amide bonds. The van der Waals surface area contributed by atoms with Gasteiger partial charge in [0.15, 0.2) is 0 Å². The van der Waals surface area contributed by atoms with Gasteiger partial charge in [0, 0.05) is 42.3 Å². The summed E-state index contributed by atoms with van der Waals surface area (Å²) in [4.78, 5) is 41.4. The van der Waals surface area contributed by atoms with Gasteiger partial charge in [0.05, 0.1) is 4.91 Å². The van der Waals surface area contributed by atoms with Gasteiger partial charge in [-0.2, -0.15) is 0 Å². The zero-order valence-electron chi connectivity index (χ0n) is 19.7. The fraction of sp³-hybridized carbons (Fsp3) is 0.207. The molecule has 2 aliphatic rings. The number of amides is 3. The van der Waals surface area contributed by atoms with E-state index < -0.39 is 11.1 Å². The van der Waals surface area contributed by atoms with Crippen LogP contribution in [0.15, 0.2) is 77.8 Å². The normalized spacial score (nSPS) is 17.3. The molecule has 7 heteroatoms. The van der Waals surface area contributed by atoms with Gasteiger partial charge in [0.1, 0.15) is 6.54 Å². The SMILES string of the molecule is O=C(CN1C(=O)S/C(=C\c2cn(Cc3cccc4ccccc34)c3ccccc23)C1=O)N1CCCC1. The Hall–Kier alpha value is -3.84. The zero-order chi connectivity index (χ0) is 24.6. The first-order valence-corrected chi connectivity index (χ1v) is 13.0. The summed E-state index contributed by atoms with van der Waals surface area (Å²) in [7, 11) is 0. The third-order valence-corrected chi connectivity index (χ3v) is 7.86. The van der Waals surface area contributed by atoms with Gasteiger partial charge in [-0.1, -0.05) is 60.7 Å². The van der Waals surface area contributed by atoms with Crippen molar-refractivity contribution in [2.75, 3.05) is 19.6 Å². The van der Waals surface area contributed by atoms with E-state index in [1.807, 2.05) is 30.5 Å². The lowest BCUT2D eigenvalue weighted by atomic mass is 10.0. The van der Waals surface area contributed by atoms with Crippen molar-refractivity contribution in [1.82, 2.24) is 14.4 Å². The van der Waals surface area contributed by atoms with E-state index in [1.54, 1.807) is 11.0 Å². The highest BCUT2D eigenvalue weighted by atomic mass is 32.2. The lowest BCUT2D eigenvalue weighted by molar-refractivity contribution is -0.135. The first kappa shape index (κ1) is 22.6. The molecule has 180 valence electrons. The lowest BCUT2D eigenvalue weighted by Gasteiger charge is -2.18. The number of hydrogen-bond acceptors (Lipinski definition) is 4. The van der Waals surface area contributed by atoms with E-state index in [4.69, 9.17) is 0 Å². The molecule has 2 aliphatic heterocycles. The van der Waals surface area contributed by atoms with E-state index in [1.165, 1.54) is 16.3 Å². The van der Waals surface area contributed by atoms with Crippen molar-refractivity contribution in [3.8, 4) is 0 Å². The summed E-state index contributed by atoms with van der Waals surface area (Å²) in [6.07, 6.45) is 5.76. The van der Waals surface area contributed by atoms with Crippen LogP contribution in [-0.2, 0) is 16.1 Å². The van der Waals surface area contributed by atoms with E-state index in [2.05, 4.69) is 47.0 Å². The van der Waals surface area contributed by atoms with Gasteiger partial charge < -0.3 is 9.47 Å². The van der Waals surface area contributed by atoms with Crippen molar-refractivity contribution in [3.05, 3.63) is 89.0 Å². The van der Waals surface area contributed by atoms with Crippen molar-refractivity contribution in [2.24, 2.45) is 0 Å². The highest BCUT2D eigenvalue weighted by Gasteiger charge is 2.37. The Morgan fingerprint density at radius 3 is 2.44 bits per heavy atom. The largest absolute Gasteiger partial charge is 0.342 e. The van der Waals surface area contributed by atoms with Gasteiger partial charge in [0.2, 0.25) is 5.91 Å². The molecular formula is C29H25N3O3S. The number of benzene rings is 3. The van der Waals surface area contributed by atoms with Gasteiger partial charge in [0.25, 0.3) is 11.1 Å². The second kappa shape index (κ2) is 9.32. The van der Waals surface area contributed by atoms with Crippen LogP contribution >= 0.6 is 11.8 Å². The van der Waals surface area contributed by atoms with E-state index in [-0.39, 0.29) is 12.5 Å². The monoisotopic (exact) mass is 495 g/mol. The molecule has 6 rings (SSSR count). The average Bonchev–Trinajstić information content (AvgIpc) is 3.61. The molecule has 0 unspecified atom stereocenters. The number of imide groups is 1. The summed E-state index contributed by atoms with van der Waals surface area (Å²) in [5, 5.41) is 3.03. The number of hydrogen-bond donors (Lipinski definition) is 0. The number of carbonyl (C=O) groups excluding carboxylic acids is 3. The predicted octanol–water partition coefficient (Wildman–Crippen LogP) is 5.50. The van der Waals surface area contributed by atoms with Crippen LogP contribution in [-0.4, -0.2) is 51.1 Å². The third-order valence-electron chi connectivity index (χ3n) is 6.95. The van der Waals surface area contributed by atoms with E-state index >= 15 is 0 Å². The molecule has 2 saturated heterocycles. The number of aromatic nitrogens is 1. The zero-order valence-corrected chi connectivity index (χ0v) is 20.5. The number of thioether (sulfide) groups is 1. The van der Waals surface area contributed by atoms with Gasteiger partial charge in [-0.15, -0.1) is 0 Å². The smallest absolute Gasteiger partial charge is 0.294 e. The van der Waals surface area contributed by atoms with Crippen LogP contribution in [0.4, 0.5) is 4.79 Å². The second-order valence-electron chi connectivity index (χ2n) is 9.22. The second-order valence-corrected chi connectivity index (χ2v) is 10.2. The summed E-state index contributed by atoms with van der Waals surface area (Å²) >= 11 is 0.903. The summed E-state index contributed by atoms with van der Waals surface area (Å²) in [6.45, 7) is 1.88. The molecule has 0 saturated carbocycles. The van der Waals surface area contributed by atoms with Gasteiger partial charge in [-0.25, -0.2) is 0 Å².